The Labute approximate surface area is 129 Å². The Morgan fingerprint density at radius 1 is 0.818 bits per heavy atom. The number of amides is 1. The van der Waals surface area contributed by atoms with Crippen molar-refractivity contribution in [1.82, 2.24) is 4.98 Å². The van der Waals surface area contributed by atoms with Crippen molar-refractivity contribution in [3.8, 4) is 11.1 Å². The Kier molecular flexibility index (Phi) is 3.97. The standard InChI is InChI=1S/C19H16N2O/c20-19(22)18(17-7-4-12-21-13-17)16-10-8-15(9-11-16)14-5-2-1-3-6-14/h1-13,18H,(H2,20,22). The Morgan fingerprint density at radius 2 is 1.50 bits per heavy atom. The topological polar surface area (TPSA) is 56.0 Å². The van der Waals surface area contributed by atoms with Gasteiger partial charge in [0.1, 0.15) is 0 Å². The number of hydrogen-bond acceptors (Lipinski definition) is 2. The summed E-state index contributed by atoms with van der Waals surface area (Å²) < 4.78 is 0. The number of carbonyl (C=O) groups excluding carboxylic acids is 1. The van der Waals surface area contributed by atoms with Crippen LogP contribution in [0.2, 0.25) is 0 Å². The summed E-state index contributed by atoms with van der Waals surface area (Å²) >= 11 is 0. The number of carbonyl (C=O) groups is 1. The lowest BCUT2D eigenvalue weighted by Crippen LogP contribution is -2.22. The molecule has 1 unspecified atom stereocenters. The summed E-state index contributed by atoms with van der Waals surface area (Å²) in [5, 5.41) is 0. The molecule has 1 aromatic heterocycles. The van der Waals surface area contributed by atoms with E-state index >= 15 is 0 Å². The van der Waals surface area contributed by atoms with Crippen molar-refractivity contribution in [2.24, 2.45) is 5.73 Å². The van der Waals surface area contributed by atoms with Crippen LogP contribution in [0.15, 0.2) is 79.1 Å². The van der Waals surface area contributed by atoms with E-state index in [1.165, 1.54) is 0 Å². The van der Waals surface area contributed by atoms with Crippen molar-refractivity contribution in [3.05, 3.63) is 90.3 Å². The minimum absolute atomic E-state index is 0.375. The van der Waals surface area contributed by atoms with E-state index in [0.717, 1.165) is 22.3 Å². The van der Waals surface area contributed by atoms with Crippen LogP contribution in [0.1, 0.15) is 17.0 Å². The summed E-state index contributed by atoms with van der Waals surface area (Å²) in [6, 6.07) is 21.7. The van der Waals surface area contributed by atoms with E-state index in [-0.39, 0.29) is 5.91 Å². The van der Waals surface area contributed by atoms with E-state index in [2.05, 4.69) is 17.1 Å². The van der Waals surface area contributed by atoms with Gasteiger partial charge in [-0.25, -0.2) is 0 Å². The molecule has 3 rings (SSSR count). The van der Waals surface area contributed by atoms with E-state index in [0.29, 0.717) is 0 Å². The third kappa shape index (κ3) is 2.88. The molecule has 0 saturated heterocycles. The maximum absolute atomic E-state index is 11.8. The van der Waals surface area contributed by atoms with Gasteiger partial charge in [-0.2, -0.15) is 0 Å². The number of nitrogens with two attached hydrogens (primary N) is 1. The molecule has 0 aliphatic carbocycles. The lowest BCUT2D eigenvalue weighted by molar-refractivity contribution is -0.118. The Morgan fingerprint density at radius 3 is 2.09 bits per heavy atom. The van der Waals surface area contributed by atoms with Crippen LogP contribution >= 0.6 is 0 Å². The van der Waals surface area contributed by atoms with Gasteiger partial charge in [0, 0.05) is 12.4 Å². The first kappa shape index (κ1) is 14.0. The zero-order chi connectivity index (χ0) is 15.4. The van der Waals surface area contributed by atoms with Gasteiger partial charge < -0.3 is 5.73 Å². The van der Waals surface area contributed by atoms with Gasteiger partial charge in [0.2, 0.25) is 5.91 Å². The largest absolute Gasteiger partial charge is 0.369 e. The van der Waals surface area contributed by atoms with Gasteiger partial charge in [-0.1, -0.05) is 60.7 Å². The Balaban J connectivity index is 1.95. The van der Waals surface area contributed by atoms with Crippen molar-refractivity contribution in [2.75, 3.05) is 0 Å². The van der Waals surface area contributed by atoms with E-state index in [9.17, 15) is 4.79 Å². The van der Waals surface area contributed by atoms with Crippen LogP contribution in [0.3, 0.4) is 0 Å². The number of pyridine rings is 1. The second-order valence-corrected chi connectivity index (χ2v) is 5.11. The Hall–Kier alpha value is -2.94. The maximum Gasteiger partial charge on any atom is 0.229 e. The molecule has 1 heterocycles. The molecule has 22 heavy (non-hydrogen) atoms. The van der Waals surface area contributed by atoms with Crippen molar-refractivity contribution in [2.45, 2.75) is 5.92 Å². The molecular formula is C19H16N2O. The van der Waals surface area contributed by atoms with Crippen LogP contribution < -0.4 is 5.73 Å². The third-order valence-corrected chi connectivity index (χ3v) is 3.65. The number of nitrogens with zero attached hydrogens (tertiary/aromatic N) is 1. The SMILES string of the molecule is NC(=O)C(c1ccc(-c2ccccc2)cc1)c1cccnc1. The number of primary amides is 1. The molecule has 0 saturated carbocycles. The van der Waals surface area contributed by atoms with Gasteiger partial charge in [-0.3, -0.25) is 9.78 Å². The van der Waals surface area contributed by atoms with Crippen LogP contribution in [0, 0.1) is 0 Å². The van der Waals surface area contributed by atoms with E-state index in [1.807, 2.05) is 54.6 Å². The van der Waals surface area contributed by atoms with Crippen LogP contribution in [0.25, 0.3) is 11.1 Å². The van der Waals surface area contributed by atoms with E-state index in [1.54, 1.807) is 12.4 Å². The molecule has 2 aromatic carbocycles. The second kappa shape index (κ2) is 6.22. The number of aromatic nitrogens is 1. The predicted molar refractivity (Wildman–Crippen MR) is 87.2 cm³/mol. The first-order chi connectivity index (χ1) is 10.8. The zero-order valence-electron chi connectivity index (χ0n) is 12.0. The number of benzene rings is 2. The molecule has 3 aromatic rings. The predicted octanol–water partition coefficient (Wildman–Crippen LogP) is 3.37. The highest BCUT2D eigenvalue weighted by Crippen LogP contribution is 2.26. The van der Waals surface area contributed by atoms with Gasteiger partial charge in [0.25, 0.3) is 0 Å². The molecule has 2 N–H and O–H groups in total. The third-order valence-electron chi connectivity index (χ3n) is 3.65. The Bertz CT molecular complexity index is 752. The highest BCUT2D eigenvalue weighted by atomic mass is 16.1. The minimum atomic E-state index is -0.474. The second-order valence-electron chi connectivity index (χ2n) is 5.11. The van der Waals surface area contributed by atoms with Gasteiger partial charge in [0.05, 0.1) is 5.92 Å². The first-order valence-electron chi connectivity index (χ1n) is 7.10. The monoisotopic (exact) mass is 288 g/mol. The molecule has 3 heteroatoms. The fourth-order valence-electron chi connectivity index (χ4n) is 2.57. The van der Waals surface area contributed by atoms with Gasteiger partial charge in [-0.15, -0.1) is 0 Å². The molecule has 0 aliphatic rings. The summed E-state index contributed by atoms with van der Waals surface area (Å²) in [5.41, 5.74) is 9.52. The quantitative estimate of drug-likeness (QED) is 0.800. The lowest BCUT2D eigenvalue weighted by atomic mass is 9.90. The van der Waals surface area contributed by atoms with E-state index < -0.39 is 5.92 Å². The molecule has 0 fully saturated rings. The van der Waals surface area contributed by atoms with Crippen molar-refractivity contribution in [3.63, 3.8) is 0 Å². The average Bonchev–Trinajstić information content (AvgIpc) is 2.57. The van der Waals surface area contributed by atoms with Crippen molar-refractivity contribution in [1.29, 1.82) is 0 Å². The summed E-state index contributed by atoms with van der Waals surface area (Å²) in [5.74, 6) is -0.848. The van der Waals surface area contributed by atoms with Crippen molar-refractivity contribution >= 4 is 5.91 Å². The molecule has 0 radical (unpaired) electrons. The molecule has 0 bridgehead atoms. The molecule has 3 nitrogen and oxygen atoms in total. The van der Waals surface area contributed by atoms with E-state index in [4.69, 9.17) is 5.73 Å². The molecule has 1 amide bonds. The van der Waals surface area contributed by atoms with Crippen LogP contribution in [0.5, 0.6) is 0 Å². The molecule has 1 atom stereocenters. The molecule has 108 valence electrons. The fourth-order valence-corrected chi connectivity index (χ4v) is 2.57. The highest BCUT2D eigenvalue weighted by Gasteiger charge is 2.20. The first-order valence-corrected chi connectivity index (χ1v) is 7.10. The summed E-state index contributed by atoms with van der Waals surface area (Å²) in [7, 11) is 0. The number of rotatable bonds is 4. The van der Waals surface area contributed by atoms with Crippen LogP contribution in [-0.4, -0.2) is 10.9 Å². The minimum Gasteiger partial charge on any atom is -0.369 e. The van der Waals surface area contributed by atoms with Gasteiger partial charge in [0.15, 0.2) is 0 Å². The zero-order valence-corrected chi connectivity index (χ0v) is 12.0. The maximum atomic E-state index is 11.8. The summed E-state index contributed by atoms with van der Waals surface area (Å²) in [4.78, 5) is 15.9. The van der Waals surface area contributed by atoms with Crippen LogP contribution in [-0.2, 0) is 4.79 Å². The normalized spacial score (nSPS) is 11.8. The fraction of sp³-hybridized carbons (Fsp3) is 0.0526. The summed E-state index contributed by atoms with van der Waals surface area (Å²) in [6.45, 7) is 0. The van der Waals surface area contributed by atoms with Crippen molar-refractivity contribution < 1.29 is 4.79 Å². The molecule has 0 spiro atoms. The smallest absolute Gasteiger partial charge is 0.229 e. The summed E-state index contributed by atoms with van der Waals surface area (Å²) in [6.07, 6.45) is 3.36. The van der Waals surface area contributed by atoms with Gasteiger partial charge >= 0.3 is 0 Å². The lowest BCUT2D eigenvalue weighted by Gasteiger charge is -2.14. The van der Waals surface area contributed by atoms with Crippen LogP contribution in [0.4, 0.5) is 0 Å². The number of hydrogen-bond donors (Lipinski definition) is 1. The molecular weight excluding hydrogens is 272 g/mol. The highest BCUT2D eigenvalue weighted by molar-refractivity contribution is 5.85. The molecule has 0 aliphatic heterocycles. The average molecular weight is 288 g/mol. The van der Waals surface area contributed by atoms with Gasteiger partial charge in [-0.05, 0) is 28.3 Å².